The molecule has 1 atom stereocenters. The highest BCUT2D eigenvalue weighted by Gasteiger charge is 2.37. The number of benzene rings is 1. The van der Waals surface area contributed by atoms with Gasteiger partial charge in [0.25, 0.3) is 5.91 Å². The monoisotopic (exact) mass is 455 g/mol. The first kappa shape index (κ1) is 22.7. The van der Waals surface area contributed by atoms with Gasteiger partial charge in [-0.05, 0) is 31.5 Å². The molecule has 10 nitrogen and oxygen atoms in total. The molecule has 1 aromatic heterocycles. The van der Waals surface area contributed by atoms with Crippen LogP contribution in [0.1, 0.15) is 40.7 Å². The first-order valence-electron chi connectivity index (χ1n) is 10.8. The molecule has 0 fully saturated rings. The third kappa shape index (κ3) is 4.27. The van der Waals surface area contributed by atoms with Gasteiger partial charge in [-0.15, -0.1) is 0 Å². The number of fused-ring (bicyclic) bond motifs is 3. The van der Waals surface area contributed by atoms with Gasteiger partial charge < -0.3 is 15.3 Å². The Bertz CT molecular complexity index is 1130. The number of aromatic nitrogens is 2. The lowest BCUT2D eigenvalue weighted by Crippen LogP contribution is -2.46. The quantitative estimate of drug-likeness (QED) is 0.723. The summed E-state index contributed by atoms with van der Waals surface area (Å²) in [5.41, 5.74) is 2.17. The third-order valence-corrected chi connectivity index (χ3v) is 6.15. The number of nitrogens with one attached hydrogen (secondary N) is 1. The van der Waals surface area contributed by atoms with Crippen molar-refractivity contribution in [1.29, 1.82) is 5.26 Å². The summed E-state index contributed by atoms with van der Waals surface area (Å²) >= 11 is 0. The van der Waals surface area contributed by atoms with Crippen molar-refractivity contribution < 1.29 is 19.1 Å². The van der Waals surface area contributed by atoms with Crippen LogP contribution in [-0.4, -0.2) is 74.5 Å². The number of nitrogens with zero attached hydrogens (tertiary/aromatic N) is 6. The summed E-state index contributed by atoms with van der Waals surface area (Å²) in [6.07, 6.45) is 1.06. The molecule has 0 saturated carbocycles. The summed E-state index contributed by atoms with van der Waals surface area (Å²) in [6.45, 7) is 3.82. The van der Waals surface area contributed by atoms with Crippen molar-refractivity contribution in [2.75, 3.05) is 32.1 Å². The lowest BCUT2D eigenvalue weighted by atomic mass is 9.99. The van der Waals surface area contributed by atoms with Crippen LogP contribution in [0.15, 0.2) is 18.2 Å². The van der Waals surface area contributed by atoms with E-state index in [1.54, 1.807) is 27.7 Å². The number of carbonyl (C=O) groups excluding carboxylic acids is 2. The van der Waals surface area contributed by atoms with Gasteiger partial charge in [-0.1, -0.05) is 0 Å². The van der Waals surface area contributed by atoms with Crippen molar-refractivity contribution in [2.45, 2.75) is 38.9 Å². The SMILES string of the molecule is C[C@@H]1Cc2nn3c(c2CN1C(=O)Nc1ccc(F)c(C#N)c1)C(=O)N(C)N(CCCO)CC3. The Morgan fingerprint density at radius 2 is 2.18 bits per heavy atom. The fraction of sp³-hybridized carbons (Fsp3) is 0.455. The second-order valence-electron chi connectivity index (χ2n) is 8.27. The summed E-state index contributed by atoms with van der Waals surface area (Å²) in [5.74, 6) is -0.851. The van der Waals surface area contributed by atoms with Gasteiger partial charge in [0.15, 0.2) is 0 Å². The Hall–Kier alpha value is -3.49. The molecule has 1 aromatic carbocycles. The largest absolute Gasteiger partial charge is 0.396 e. The van der Waals surface area contributed by atoms with E-state index in [1.165, 1.54) is 12.1 Å². The van der Waals surface area contributed by atoms with Crippen LogP contribution in [0.25, 0.3) is 0 Å². The second-order valence-corrected chi connectivity index (χ2v) is 8.27. The van der Waals surface area contributed by atoms with E-state index in [0.717, 1.165) is 17.3 Å². The molecule has 33 heavy (non-hydrogen) atoms. The lowest BCUT2D eigenvalue weighted by molar-refractivity contribution is 0.00516. The van der Waals surface area contributed by atoms with Crippen LogP contribution in [0.3, 0.4) is 0 Å². The molecule has 0 radical (unpaired) electrons. The number of aliphatic hydroxyl groups excluding tert-OH is 1. The average molecular weight is 455 g/mol. The van der Waals surface area contributed by atoms with Crippen LogP contribution in [0.4, 0.5) is 14.9 Å². The van der Waals surface area contributed by atoms with Gasteiger partial charge >= 0.3 is 6.03 Å². The molecule has 0 aliphatic carbocycles. The van der Waals surface area contributed by atoms with Crippen LogP contribution < -0.4 is 5.32 Å². The number of hydrazine groups is 1. The third-order valence-electron chi connectivity index (χ3n) is 6.15. The summed E-state index contributed by atoms with van der Waals surface area (Å²) < 4.78 is 15.3. The zero-order valence-corrected chi connectivity index (χ0v) is 18.6. The molecule has 3 amide bonds. The predicted molar refractivity (Wildman–Crippen MR) is 116 cm³/mol. The molecule has 11 heteroatoms. The van der Waals surface area contributed by atoms with Crippen LogP contribution in [0.5, 0.6) is 0 Å². The Labute approximate surface area is 190 Å². The number of rotatable bonds is 4. The molecular formula is C22H26FN7O3. The topological polar surface area (TPSA) is 118 Å². The number of anilines is 1. The maximum absolute atomic E-state index is 13.6. The van der Waals surface area contributed by atoms with Crippen LogP contribution in [0, 0.1) is 17.1 Å². The Morgan fingerprint density at radius 3 is 2.91 bits per heavy atom. The van der Waals surface area contributed by atoms with E-state index < -0.39 is 11.8 Å². The van der Waals surface area contributed by atoms with Crippen molar-refractivity contribution in [3.8, 4) is 6.07 Å². The van der Waals surface area contributed by atoms with E-state index in [-0.39, 0.29) is 30.7 Å². The smallest absolute Gasteiger partial charge is 0.322 e. The van der Waals surface area contributed by atoms with Gasteiger partial charge in [-0.2, -0.15) is 10.4 Å². The molecule has 2 aliphatic heterocycles. The molecule has 2 aliphatic rings. The number of nitriles is 1. The highest BCUT2D eigenvalue weighted by atomic mass is 19.1. The fourth-order valence-corrected chi connectivity index (χ4v) is 4.31. The Balaban J connectivity index is 1.57. The van der Waals surface area contributed by atoms with Crippen LogP contribution >= 0.6 is 0 Å². The molecule has 0 spiro atoms. The molecule has 0 unspecified atom stereocenters. The maximum Gasteiger partial charge on any atom is 0.322 e. The number of halogens is 1. The summed E-state index contributed by atoms with van der Waals surface area (Å²) in [5, 5.41) is 29.0. The normalized spacial score (nSPS) is 18.4. The molecule has 4 rings (SSSR count). The number of aliphatic hydroxyl groups is 1. The maximum atomic E-state index is 13.6. The second kappa shape index (κ2) is 9.17. The minimum absolute atomic E-state index is 0.0460. The number of carbonyl (C=O) groups is 2. The van der Waals surface area contributed by atoms with Crippen molar-refractivity contribution >= 4 is 17.6 Å². The molecular weight excluding hydrogens is 429 g/mol. The standard InChI is InChI=1S/C22H26FN7O3/c1-14-10-19-17(13-29(14)22(33)25-16-4-5-18(23)15(11-16)12-24)20-21(32)27(2)28(6-3-9-31)7-8-30(20)26-19/h4-5,11,14,31H,3,6-10,13H2,1-2H3,(H,25,33)/t14-/m1/s1. The molecule has 174 valence electrons. The van der Waals surface area contributed by atoms with Gasteiger partial charge in [0.2, 0.25) is 0 Å². The van der Waals surface area contributed by atoms with Gasteiger partial charge in [-0.25, -0.2) is 14.2 Å². The highest BCUT2D eigenvalue weighted by molar-refractivity contribution is 5.95. The van der Waals surface area contributed by atoms with Crippen molar-refractivity contribution in [1.82, 2.24) is 24.7 Å². The van der Waals surface area contributed by atoms with Gasteiger partial charge in [0.1, 0.15) is 17.6 Å². The first-order chi connectivity index (χ1) is 15.8. The summed E-state index contributed by atoms with van der Waals surface area (Å²) in [6, 6.07) is 5.03. The molecule has 2 N–H and O–H groups in total. The Morgan fingerprint density at radius 1 is 1.39 bits per heavy atom. The zero-order chi connectivity index (χ0) is 23.7. The molecule has 0 bridgehead atoms. The number of amides is 3. The van der Waals surface area contributed by atoms with Gasteiger partial charge in [-0.3, -0.25) is 14.5 Å². The minimum Gasteiger partial charge on any atom is -0.396 e. The van der Waals surface area contributed by atoms with Gasteiger partial charge in [0, 0.05) is 50.5 Å². The lowest BCUT2D eigenvalue weighted by Gasteiger charge is -2.34. The number of urea groups is 1. The summed E-state index contributed by atoms with van der Waals surface area (Å²) in [7, 11) is 1.70. The van der Waals surface area contributed by atoms with Crippen molar-refractivity contribution in [2.24, 2.45) is 0 Å². The first-order valence-corrected chi connectivity index (χ1v) is 10.8. The number of hydrogen-bond donors (Lipinski definition) is 2. The Kier molecular flexibility index (Phi) is 6.31. The van der Waals surface area contributed by atoms with E-state index in [9.17, 15) is 14.0 Å². The van der Waals surface area contributed by atoms with Crippen molar-refractivity contribution in [3.05, 3.63) is 46.5 Å². The average Bonchev–Trinajstić information content (AvgIpc) is 3.10. The summed E-state index contributed by atoms with van der Waals surface area (Å²) in [4.78, 5) is 27.9. The van der Waals surface area contributed by atoms with Crippen molar-refractivity contribution in [3.63, 3.8) is 0 Å². The zero-order valence-electron chi connectivity index (χ0n) is 18.6. The predicted octanol–water partition coefficient (Wildman–Crippen LogP) is 1.56. The minimum atomic E-state index is -0.648. The molecule has 2 aromatic rings. The van der Waals surface area contributed by atoms with E-state index in [2.05, 4.69) is 10.4 Å². The fourth-order valence-electron chi connectivity index (χ4n) is 4.31. The van der Waals surface area contributed by atoms with E-state index in [1.807, 2.05) is 11.9 Å². The molecule has 0 saturated heterocycles. The van der Waals surface area contributed by atoms with E-state index in [0.29, 0.717) is 43.9 Å². The van der Waals surface area contributed by atoms with E-state index >= 15 is 0 Å². The molecule has 3 heterocycles. The van der Waals surface area contributed by atoms with Crippen LogP contribution in [0.2, 0.25) is 0 Å². The van der Waals surface area contributed by atoms with Crippen LogP contribution in [-0.2, 0) is 19.5 Å². The number of hydrogen-bond acceptors (Lipinski definition) is 6. The van der Waals surface area contributed by atoms with E-state index in [4.69, 9.17) is 10.4 Å². The van der Waals surface area contributed by atoms with Gasteiger partial charge in [0.05, 0.1) is 24.3 Å². The highest BCUT2D eigenvalue weighted by Crippen LogP contribution is 2.29.